The zero-order valence-corrected chi connectivity index (χ0v) is 19.0. The van der Waals surface area contributed by atoms with Crippen molar-refractivity contribution in [3.63, 3.8) is 0 Å². The fraction of sp³-hybridized carbons (Fsp3) is 0.579. The van der Waals surface area contributed by atoms with Crippen LogP contribution >= 0.6 is 24.0 Å². The molecule has 8 heteroatoms. The molecule has 152 valence electrons. The van der Waals surface area contributed by atoms with E-state index in [1.165, 1.54) is 5.56 Å². The number of nitrogens with zero attached hydrogens (tertiary/aromatic N) is 3. The van der Waals surface area contributed by atoms with E-state index >= 15 is 0 Å². The standard InChI is InChI=1S/C19H31N5O2.HI/c1-15-5-7-16(8-6-15)22-17(20)21-9-10-23-11-13-24(14-12-23)18(25)26-19(2,3)4;/h5-8H,9-14H2,1-4H3,(H3,20,21,22);1H. The van der Waals surface area contributed by atoms with Crippen LogP contribution in [0.5, 0.6) is 0 Å². The van der Waals surface area contributed by atoms with E-state index in [9.17, 15) is 4.79 Å². The maximum absolute atomic E-state index is 12.1. The van der Waals surface area contributed by atoms with E-state index in [2.05, 4.69) is 15.2 Å². The van der Waals surface area contributed by atoms with Crippen LogP contribution in [0.25, 0.3) is 0 Å². The number of nitrogens with two attached hydrogens (primary N) is 1. The van der Waals surface area contributed by atoms with Crippen LogP contribution in [0.2, 0.25) is 0 Å². The molecule has 3 N–H and O–H groups in total. The van der Waals surface area contributed by atoms with E-state index in [1.807, 2.05) is 52.0 Å². The van der Waals surface area contributed by atoms with Gasteiger partial charge in [0.15, 0.2) is 5.96 Å². The van der Waals surface area contributed by atoms with Gasteiger partial charge >= 0.3 is 6.09 Å². The van der Waals surface area contributed by atoms with Gasteiger partial charge in [-0.2, -0.15) is 0 Å². The largest absolute Gasteiger partial charge is 0.444 e. The number of aliphatic imine (C=N–C) groups is 1. The van der Waals surface area contributed by atoms with Gasteiger partial charge in [0.25, 0.3) is 0 Å². The van der Waals surface area contributed by atoms with Gasteiger partial charge in [-0.3, -0.25) is 9.89 Å². The highest BCUT2D eigenvalue weighted by Crippen LogP contribution is 2.12. The molecule has 0 atom stereocenters. The lowest BCUT2D eigenvalue weighted by Gasteiger charge is -2.35. The van der Waals surface area contributed by atoms with Gasteiger partial charge in [-0.15, -0.1) is 24.0 Å². The van der Waals surface area contributed by atoms with Crippen LogP contribution in [0.1, 0.15) is 26.3 Å². The molecule has 0 unspecified atom stereocenters. The molecule has 0 saturated carbocycles. The molecule has 0 radical (unpaired) electrons. The van der Waals surface area contributed by atoms with Gasteiger partial charge in [-0.25, -0.2) is 4.79 Å². The third-order valence-corrected chi connectivity index (χ3v) is 4.05. The van der Waals surface area contributed by atoms with Crippen LogP contribution in [0.15, 0.2) is 29.3 Å². The molecule has 1 aromatic carbocycles. The first-order chi connectivity index (χ1) is 12.2. The minimum atomic E-state index is -0.453. The fourth-order valence-electron chi connectivity index (χ4n) is 2.62. The second kappa shape index (κ2) is 10.7. The van der Waals surface area contributed by atoms with Crippen molar-refractivity contribution in [1.82, 2.24) is 9.80 Å². The average molecular weight is 489 g/mol. The molecular weight excluding hydrogens is 457 g/mol. The summed E-state index contributed by atoms with van der Waals surface area (Å²) >= 11 is 0. The number of hydrogen-bond donors (Lipinski definition) is 2. The van der Waals surface area contributed by atoms with Crippen molar-refractivity contribution in [3.05, 3.63) is 29.8 Å². The van der Waals surface area contributed by atoms with Crippen molar-refractivity contribution in [2.75, 3.05) is 44.6 Å². The van der Waals surface area contributed by atoms with E-state index < -0.39 is 5.60 Å². The fourth-order valence-corrected chi connectivity index (χ4v) is 2.62. The average Bonchev–Trinajstić information content (AvgIpc) is 2.56. The zero-order chi connectivity index (χ0) is 19.2. The highest BCUT2D eigenvalue weighted by Gasteiger charge is 2.25. The topological polar surface area (TPSA) is 83.2 Å². The monoisotopic (exact) mass is 489 g/mol. The molecule has 1 aliphatic heterocycles. The highest BCUT2D eigenvalue weighted by atomic mass is 127. The molecule has 1 saturated heterocycles. The number of benzene rings is 1. The van der Waals surface area contributed by atoms with Gasteiger partial charge < -0.3 is 20.7 Å². The number of ether oxygens (including phenoxy) is 1. The van der Waals surface area contributed by atoms with Crippen molar-refractivity contribution in [3.8, 4) is 0 Å². The number of nitrogens with one attached hydrogen (secondary N) is 1. The minimum absolute atomic E-state index is 0. The Bertz CT molecular complexity index is 620. The summed E-state index contributed by atoms with van der Waals surface area (Å²) in [6.45, 7) is 12.1. The van der Waals surface area contributed by atoms with E-state index in [1.54, 1.807) is 4.90 Å². The number of halogens is 1. The summed E-state index contributed by atoms with van der Waals surface area (Å²) in [7, 11) is 0. The molecule has 2 rings (SSSR count). The summed E-state index contributed by atoms with van der Waals surface area (Å²) in [4.78, 5) is 20.5. The summed E-state index contributed by atoms with van der Waals surface area (Å²) in [5, 5.41) is 3.09. The Morgan fingerprint density at radius 2 is 1.78 bits per heavy atom. The molecule has 0 spiro atoms. The third-order valence-electron chi connectivity index (χ3n) is 4.05. The molecule has 1 fully saturated rings. The van der Waals surface area contributed by atoms with Crippen LogP contribution in [-0.2, 0) is 4.74 Å². The molecule has 1 aliphatic rings. The lowest BCUT2D eigenvalue weighted by atomic mass is 10.2. The number of hydrogen-bond acceptors (Lipinski definition) is 4. The molecule has 1 amide bonds. The van der Waals surface area contributed by atoms with Crippen LogP contribution in [0.3, 0.4) is 0 Å². The second-order valence-electron chi connectivity index (χ2n) is 7.57. The first-order valence-electron chi connectivity index (χ1n) is 9.07. The first kappa shape index (κ1) is 23.5. The Morgan fingerprint density at radius 3 is 2.33 bits per heavy atom. The molecule has 0 aliphatic carbocycles. The van der Waals surface area contributed by atoms with E-state index in [0.717, 1.165) is 25.3 Å². The van der Waals surface area contributed by atoms with E-state index in [-0.39, 0.29) is 30.1 Å². The Kier molecular flexibility index (Phi) is 9.31. The van der Waals surface area contributed by atoms with Crippen molar-refractivity contribution in [2.24, 2.45) is 10.7 Å². The normalized spacial score (nSPS) is 15.9. The van der Waals surface area contributed by atoms with E-state index in [4.69, 9.17) is 10.5 Å². The minimum Gasteiger partial charge on any atom is -0.444 e. The smallest absolute Gasteiger partial charge is 0.410 e. The van der Waals surface area contributed by atoms with Gasteiger partial charge in [0, 0.05) is 38.4 Å². The zero-order valence-electron chi connectivity index (χ0n) is 16.7. The lowest BCUT2D eigenvalue weighted by Crippen LogP contribution is -2.50. The number of amides is 1. The summed E-state index contributed by atoms with van der Waals surface area (Å²) in [5.74, 6) is 0.418. The van der Waals surface area contributed by atoms with Crippen molar-refractivity contribution < 1.29 is 9.53 Å². The maximum Gasteiger partial charge on any atom is 0.410 e. The number of aryl methyl sites for hydroxylation is 1. The second-order valence-corrected chi connectivity index (χ2v) is 7.57. The molecule has 0 aromatic heterocycles. The van der Waals surface area contributed by atoms with Gasteiger partial charge in [0.05, 0.1) is 6.54 Å². The number of carbonyl (C=O) groups excluding carboxylic acids is 1. The molecule has 0 bridgehead atoms. The predicted octanol–water partition coefficient (Wildman–Crippen LogP) is 2.89. The SMILES string of the molecule is Cc1ccc(NC(N)=NCCN2CCN(C(=O)OC(C)(C)C)CC2)cc1.I. The molecule has 27 heavy (non-hydrogen) atoms. The summed E-state index contributed by atoms with van der Waals surface area (Å²) < 4.78 is 5.41. The summed E-state index contributed by atoms with van der Waals surface area (Å²) in [5.41, 5.74) is 7.62. The molecule has 1 aromatic rings. The third kappa shape index (κ3) is 8.79. The quantitative estimate of drug-likeness (QED) is 0.386. The number of anilines is 1. The number of guanidine groups is 1. The van der Waals surface area contributed by atoms with Gasteiger partial charge in [0.2, 0.25) is 0 Å². The molecule has 1 heterocycles. The molecular formula is C19H32IN5O2. The van der Waals surface area contributed by atoms with Crippen LogP contribution < -0.4 is 11.1 Å². The number of rotatable bonds is 4. The first-order valence-corrected chi connectivity index (χ1v) is 9.07. The summed E-state index contributed by atoms with van der Waals surface area (Å²) in [6, 6.07) is 8.01. The van der Waals surface area contributed by atoms with Crippen LogP contribution in [-0.4, -0.2) is 66.7 Å². The Morgan fingerprint density at radius 1 is 1.19 bits per heavy atom. The molecule has 7 nitrogen and oxygen atoms in total. The van der Waals surface area contributed by atoms with Crippen molar-refractivity contribution in [1.29, 1.82) is 0 Å². The van der Waals surface area contributed by atoms with E-state index in [0.29, 0.717) is 25.6 Å². The van der Waals surface area contributed by atoms with Gasteiger partial charge in [0.1, 0.15) is 5.60 Å². The van der Waals surface area contributed by atoms with Crippen LogP contribution in [0.4, 0.5) is 10.5 Å². The van der Waals surface area contributed by atoms with Gasteiger partial charge in [-0.1, -0.05) is 17.7 Å². The number of piperazine rings is 1. The Balaban J connectivity index is 0.00000364. The van der Waals surface area contributed by atoms with Crippen LogP contribution in [0, 0.1) is 6.92 Å². The lowest BCUT2D eigenvalue weighted by molar-refractivity contribution is 0.0148. The maximum atomic E-state index is 12.1. The summed E-state index contributed by atoms with van der Waals surface area (Å²) in [6.07, 6.45) is -0.235. The van der Waals surface area contributed by atoms with Crippen molar-refractivity contribution >= 4 is 41.7 Å². The van der Waals surface area contributed by atoms with Crippen molar-refractivity contribution in [2.45, 2.75) is 33.3 Å². The Labute approximate surface area is 179 Å². The predicted molar refractivity (Wildman–Crippen MR) is 121 cm³/mol. The van der Waals surface area contributed by atoms with Gasteiger partial charge in [-0.05, 0) is 39.8 Å². The Hall–Kier alpha value is -1.55. The highest BCUT2D eigenvalue weighted by molar-refractivity contribution is 14.0. The number of carbonyl (C=O) groups is 1.